The molecule has 0 aliphatic heterocycles. The maximum Gasteiger partial charge on any atom is 0.0413 e. The molecule has 1 heteroatoms. The number of para-hydroxylation sites is 1. The summed E-state index contributed by atoms with van der Waals surface area (Å²) >= 11 is 0. The van der Waals surface area contributed by atoms with Gasteiger partial charge in [-0.1, -0.05) is 69.8 Å². The van der Waals surface area contributed by atoms with E-state index in [4.69, 9.17) is 0 Å². The molecule has 106 valence electrons. The summed E-state index contributed by atoms with van der Waals surface area (Å²) in [7, 11) is 0. The Morgan fingerprint density at radius 3 is 2.15 bits per heavy atom. The van der Waals surface area contributed by atoms with Crippen LogP contribution in [0.5, 0.6) is 0 Å². The van der Waals surface area contributed by atoms with Crippen molar-refractivity contribution in [1.82, 2.24) is 0 Å². The molecule has 0 amide bonds. The van der Waals surface area contributed by atoms with Gasteiger partial charge in [-0.3, -0.25) is 0 Å². The molecule has 0 bridgehead atoms. The van der Waals surface area contributed by atoms with Crippen LogP contribution in [0.3, 0.4) is 0 Å². The monoisotopic (exact) mass is 267 g/mol. The van der Waals surface area contributed by atoms with Gasteiger partial charge >= 0.3 is 0 Å². The van der Waals surface area contributed by atoms with Crippen LogP contribution < -0.4 is 5.32 Å². The van der Waals surface area contributed by atoms with Crippen LogP contribution in [-0.4, -0.2) is 0 Å². The topological polar surface area (TPSA) is 12.0 Å². The molecule has 0 heterocycles. The molecule has 1 N–H and O–H groups in total. The van der Waals surface area contributed by atoms with Crippen LogP contribution in [0, 0.1) is 6.92 Å². The molecule has 0 atom stereocenters. The summed E-state index contributed by atoms with van der Waals surface area (Å²) in [6.07, 6.45) is 1.07. The minimum Gasteiger partial charge on any atom is -0.355 e. The zero-order valence-corrected chi connectivity index (χ0v) is 13.0. The predicted octanol–water partition coefficient (Wildman–Crippen LogP) is 5.67. The Labute approximate surface area is 123 Å². The smallest absolute Gasteiger partial charge is 0.0413 e. The lowest BCUT2D eigenvalue weighted by molar-refractivity contribution is 1.14. The Hall–Kier alpha value is -2.02. The first-order valence-electron chi connectivity index (χ1n) is 7.31. The summed E-state index contributed by atoms with van der Waals surface area (Å²) in [5, 5.41) is 3.37. The van der Waals surface area contributed by atoms with Crippen molar-refractivity contribution >= 4 is 11.4 Å². The first kappa shape index (κ1) is 16.0. The third kappa shape index (κ3) is 4.27. The van der Waals surface area contributed by atoms with E-state index in [1.165, 1.54) is 11.1 Å². The van der Waals surface area contributed by atoms with Crippen molar-refractivity contribution in [3.63, 3.8) is 0 Å². The van der Waals surface area contributed by atoms with Gasteiger partial charge in [-0.2, -0.15) is 0 Å². The third-order valence-electron chi connectivity index (χ3n) is 3.14. The molecule has 0 saturated carbocycles. The molecule has 20 heavy (non-hydrogen) atoms. The summed E-state index contributed by atoms with van der Waals surface area (Å²) < 4.78 is 0. The van der Waals surface area contributed by atoms with E-state index < -0.39 is 0 Å². The molecule has 1 nitrogen and oxygen atoms in total. The summed E-state index contributed by atoms with van der Waals surface area (Å²) in [6, 6.07) is 16.8. The van der Waals surface area contributed by atoms with E-state index in [0.29, 0.717) is 0 Å². The Morgan fingerprint density at radius 1 is 1.00 bits per heavy atom. The van der Waals surface area contributed by atoms with Gasteiger partial charge in [-0.15, -0.1) is 0 Å². The van der Waals surface area contributed by atoms with Gasteiger partial charge in [-0.05, 0) is 36.1 Å². The average Bonchev–Trinajstić information content (AvgIpc) is 2.51. The van der Waals surface area contributed by atoms with Crippen molar-refractivity contribution in [2.75, 3.05) is 5.32 Å². The molecule has 0 aliphatic rings. The maximum absolute atomic E-state index is 4.11. The molecule has 0 aromatic heterocycles. The first-order chi connectivity index (χ1) is 9.70. The van der Waals surface area contributed by atoms with Gasteiger partial charge in [-0.25, -0.2) is 0 Å². The number of nitrogens with one attached hydrogen (secondary N) is 1. The van der Waals surface area contributed by atoms with Gasteiger partial charge in [0.15, 0.2) is 0 Å². The van der Waals surface area contributed by atoms with Gasteiger partial charge in [0.25, 0.3) is 0 Å². The Bertz CT molecular complexity index is 538. The van der Waals surface area contributed by atoms with Crippen LogP contribution >= 0.6 is 0 Å². The van der Waals surface area contributed by atoms with Crippen LogP contribution in [0.4, 0.5) is 5.69 Å². The second-order valence-corrected chi connectivity index (χ2v) is 4.47. The zero-order valence-electron chi connectivity index (χ0n) is 13.0. The van der Waals surface area contributed by atoms with Gasteiger partial charge in [0.05, 0.1) is 0 Å². The number of hydrogen-bond donors (Lipinski definition) is 1. The highest BCUT2D eigenvalue weighted by Crippen LogP contribution is 2.20. The average molecular weight is 267 g/mol. The molecule has 0 fully saturated rings. The normalized spacial score (nSPS) is 9.40. The molecule has 0 spiro atoms. The lowest BCUT2D eigenvalue weighted by atomic mass is 10.1. The maximum atomic E-state index is 4.11. The van der Waals surface area contributed by atoms with Crippen molar-refractivity contribution in [1.29, 1.82) is 0 Å². The molecule has 0 saturated heterocycles. The molecule has 2 aromatic rings. The first-order valence-corrected chi connectivity index (χ1v) is 7.31. The lowest BCUT2D eigenvalue weighted by Crippen LogP contribution is -1.99. The number of aryl methyl sites for hydroxylation is 2. The predicted molar refractivity (Wildman–Crippen MR) is 91.0 cm³/mol. The number of rotatable bonds is 4. The second-order valence-electron chi connectivity index (χ2n) is 4.47. The third-order valence-corrected chi connectivity index (χ3v) is 3.14. The van der Waals surface area contributed by atoms with Gasteiger partial charge in [0.2, 0.25) is 0 Å². The van der Waals surface area contributed by atoms with Crippen LogP contribution in [0.25, 0.3) is 5.70 Å². The van der Waals surface area contributed by atoms with E-state index in [2.05, 4.69) is 62.1 Å². The quantitative estimate of drug-likeness (QED) is 0.753. The Morgan fingerprint density at radius 2 is 1.60 bits per heavy atom. The summed E-state index contributed by atoms with van der Waals surface area (Å²) in [4.78, 5) is 0. The van der Waals surface area contributed by atoms with E-state index in [-0.39, 0.29) is 0 Å². The van der Waals surface area contributed by atoms with Gasteiger partial charge in [0, 0.05) is 11.4 Å². The largest absolute Gasteiger partial charge is 0.355 e. The highest BCUT2D eigenvalue weighted by atomic mass is 14.9. The second kappa shape index (κ2) is 8.21. The molecule has 0 unspecified atom stereocenters. The van der Waals surface area contributed by atoms with Crippen LogP contribution in [-0.2, 0) is 6.42 Å². The highest BCUT2D eigenvalue weighted by Gasteiger charge is 2.01. The summed E-state index contributed by atoms with van der Waals surface area (Å²) in [5.41, 5.74) is 5.76. The van der Waals surface area contributed by atoms with E-state index in [9.17, 15) is 0 Å². The summed E-state index contributed by atoms with van der Waals surface area (Å²) in [6.45, 7) is 12.4. The van der Waals surface area contributed by atoms with Crippen molar-refractivity contribution in [2.45, 2.75) is 34.1 Å². The SMILES string of the molecule is C=C(Nc1ccccc1C)c1ccc(CC)cc1.CC. The molecule has 0 aliphatic carbocycles. The van der Waals surface area contributed by atoms with E-state index in [1.807, 2.05) is 26.0 Å². The van der Waals surface area contributed by atoms with Crippen LogP contribution in [0.1, 0.15) is 37.5 Å². The van der Waals surface area contributed by atoms with Gasteiger partial charge in [0.1, 0.15) is 0 Å². The Kier molecular flexibility index (Phi) is 6.58. The van der Waals surface area contributed by atoms with Gasteiger partial charge < -0.3 is 5.32 Å². The fourth-order valence-electron chi connectivity index (χ4n) is 1.89. The Balaban J connectivity index is 0.000000956. The fraction of sp³-hybridized carbons (Fsp3) is 0.263. The minimum absolute atomic E-state index is 0.937. The minimum atomic E-state index is 0.937. The lowest BCUT2D eigenvalue weighted by Gasteiger charge is -2.12. The van der Waals surface area contributed by atoms with Crippen LogP contribution in [0.2, 0.25) is 0 Å². The van der Waals surface area contributed by atoms with E-state index in [1.54, 1.807) is 0 Å². The standard InChI is InChI=1S/C17H19N.C2H6/c1-4-15-9-11-16(12-10-15)14(3)18-17-8-6-5-7-13(17)2;1-2/h5-12,18H,3-4H2,1-2H3;1-2H3. The number of anilines is 1. The molecule has 0 radical (unpaired) electrons. The molecular weight excluding hydrogens is 242 g/mol. The number of benzene rings is 2. The summed E-state index contributed by atoms with van der Waals surface area (Å²) in [5.74, 6) is 0. The van der Waals surface area contributed by atoms with E-state index >= 15 is 0 Å². The fourth-order valence-corrected chi connectivity index (χ4v) is 1.89. The molecule has 2 aromatic carbocycles. The van der Waals surface area contributed by atoms with Crippen molar-refractivity contribution in [3.05, 3.63) is 71.8 Å². The van der Waals surface area contributed by atoms with Crippen molar-refractivity contribution in [3.8, 4) is 0 Å². The van der Waals surface area contributed by atoms with Crippen molar-refractivity contribution in [2.24, 2.45) is 0 Å². The van der Waals surface area contributed by atoms with Crippen LogP contribution in [0.15, 0.2) is 55.1 Å². The molecular formula is C19H25N. The zero-order chi connectivity index (χ0) is 15.0. The number of hydrogen-bond acceptors (Lipinski definition) is 1. The van der Waals surface area contributed by atoms with Crippen molar-refractivity contribution < 1.29 is 0 Å². The molecule has 2 rings (SSSR count). The van der Waals surface area contributed by atoms with E-state index in [0.717, 1.165) is 23.4 Å². The highest BCUT2D eigenvalue weighted by molar-refractivity contribution is 5.76.